The topological polar surface area (TPSA) is 41.6 Å². The Labute approximate surface area is 106 Å². The zero-order valence-corrected chi connectivity index (χ0v) is 11.4. The van der Waals surface area contributed by atoms with Gasteiger partial charge in [0.2, 0.25) is 0 Å². The van der Waals surface area contributed by atoms with Crippen LogP contribution >= 0.6 is 11.3 Å². The molecule has 0 aromatic carbocycles. The maximum absolute atomic E-state index is 4.11. The predicted molar refractivity (Wildman–Crippen MR) is 71.4 cm³/mol. The second kappa shape index (κ2) is 5.45. The quantitative estimate of drug-likeness (QED) is 0.882. The number of H-pyrrole nitrogens is 1. The van der Waals surface area contributed by atoms with Crippen LogP contribution in [0.25, 0.3) is 0 Å². The highest BCUT2D eigenvalue weighted by molar-refractivity contribution is 7.12. The van der Waals surface area contributed by atoms with Crippen molar-refractivity contribution in [3.8, 4) is 0 Å². The van der Waals surface area contributed by atoms with Crippen LogP contribution in [0, 0.1) is 5.92 Å². The van der Waals surface area contributed by atoms with Crippen LogP contribution in [0.5, 0.6) is 0 Å². The Balaban J connectivity index is 1.99. The van der Waals surface area contributed by atoms with Gasteiger partial charge in [-0.3, -0.25) is 0 Å². The standard InChI is InChI=1S/C13H19N3S/c1-9(2)6-12-4-5-13(17-12)10(3)7-11-8-14-16-15-11/h4-5,8-10H,6-7H2,1-3H3,(H,14,15,16). The number of thiophene rings is 1. The minimum atomic E-state index is 0.519. The third-order valence-corrected chi connectivity index (χ3v) is 4.10. The number of hydrogen-bond acceptors (Lipinski definition) is 3. The summed E-state index contributed by atoms with van der Waals surface area (Å²) in [5, 5.41) is 10.6. The second-order valence-corrected chi connectivity index (χ2v) is 6.17. The molecule has 4 heteroatoms. The Morgan fingerprint density at radius 2 is 2.06 bits per heavy atom. The lowest BCUT2D eigenvalue weighted by Gasteiger charge is -2.06. The molecule has 0 radical (unpaired) electrons. The van der Waals surface area contributed by atoms with Gasteiger partial charge in [-0.1, -0.05) is 20.8 Å². The SMILES string of the molecule is CC(C)Cc1ccc(C(C)Cc2cn[nH]n2)s1. The van der Waals surface area contributed by atoms with Gasteiger partial charge in [0.05, 0.1) is 11.9 Å². The molecular formula is C13H19N3S. The molecule has 0 amide bonds. The van der Waals surface area contributed by atoms with Crippen LogP contribution in [0.3, 0.4) is 0 Å². The molecule has 0 aliphatic rings. The van der Waals surface area contributed by atoms with E-state index in [9.17, 15) is 0 Å². The first-order chi connectivity index (χ1) is 8.15. The summed E-state index contributed by atoms with van der Waals surface area (Å²) in [6.07, 6.45) is 3.94. The molecule has 2 rings (SSSR count). The maximum atomic E-state index is 4.11. The summed E-state index contributed by atoms with van der Waals surface area (Å²) in [4.78, 5) is 2.94. The summed E-state index contributed by atoms with van der Waals surface area (Å²) in [7, 11) is 0. The molecule has 1 unspecified atom stereocenters. The first kappa shape index (κ1) is 12.3. The van der Waals surface area contributed by atoms with Crippen LogP contribution in [-0.2, 0) is 12.8 Å². The van der Waals surface area contributed by atoms with Crippen LogP contribution in [0.15, 0.2) is 18.3 Å². The average molecular weight is 249 g/mol. The number of hydrogen-bond donors (Lipinski definition) is 1. The van der Waals surface area contributed by atoms with E-state index in [2.05, 4.69) is 48.3 Å². The van der Waals surface area contributed by atoms with Crippen molar-refractivity contribution in [1.29, 1.82) is 0 Å². The fourth-order valence-electron chi connectivity index (χ4n) is 1.91. The van der Waals surface area contributed by atoms with Crippen molar-refractivity contribution in [2.45, 2.75) is 39.5 Å². The van der Waals surface area contributed by atoms with Crippen LogP contribution in [0.1, 0.15) is 42.1 Å². The Hall–Kier alpha value is -1.16. The summed E-state index contributed by atoms with van der Waals surface area (Å²) < 4.78 is 0. The maximum Gasteiger partial charge on any atom is 0.0830 e. The highest BCUT2D eigenvalue weighted by atomic mass is 32.1. The van der Waals surface area contributed by atoms with Gasteiger partial charge in [0.1, 0.15) is 0 Å². The van der Waals surface area contributed by atoms with E-state index >= 15 is 0 Å². The predicted octanol–water partition coefficient (Wildman–Crippen LogP) is 3.41. The molecule has 2 heterocycles. The molecular weight excluding hydrogens is 230 g/mol. The molecule has 1 atom stereocenters. The summed E-state index contributed by atoms with van der Waals surface area (Å²) in [6.45, 7) is 6.77. The van der Waals surface area contributed by atoms with E-state index in [0.29, 0.717) is 5.92 Å². The van der Waals surface area contributed by atoms with Crippen molar-refractivity contribution in [3.63, 3.8) is 0 Å². The lowest BCUT2D eigenvalue weighted by molar-refractivity contribution is 0.654. The van der Waals surface area contributed by atoms with Gasteiger partial charge in [-0.15, -0.1) is 11.3 Å². The van der Waals surface area contributed by atoms with E-state index in [4.69, 9.17) is 0 Å². The highest BCUT2D eigenvalue weighted by Crippen LogP contribution is 2.28. The lowest BCUT2D eigenvalue weighted by atomic mass is 10.0. The molecule has 2 aromatic rings. The molecule has 0 saturated carbocycles. The Bertz CT molecular complexity index is 445. The van der Waals surface area contributed by atoms with Crippen molar-refractivity contribution >= 4 is 11.3 Å². The largest absolute Gasteiger partial charge is 0.198 e. The van der Waals surface area contributed by atoms with E-state index in [0.717, 1.165) is 18.0 Å². The van der Waals surface area contributed by atoms with Crippen molar-refractivity contribution in [3.05, 3.63) is 33.8 Å². The lowest BCUT2D eigenvalue weighted by Crippen LogP contribution is -1.96. The van der Waals surface area contributed by atoms with E-state index in [-0.39, 0.29) is 0 Å². The Morgan fingerprint density at radius 3 is 2.71 bits per heavy atom. The van der Waals surface area contributed by atoms with Gasteiger partial charge in [0, 0.05) is 16.2 Å². The minimum Gasteiger partial charge on any atom is -0.198 e. The highest BCUT2D eigenvalue weighted by Gasteiger charge is 2.11. The molecule has 0 bridgehead atoms. The van der Waals surface area contributed by atoms with Crippen molar-refractivity contribution < 1.29 is 0 Å². The van der Waals surface area contributed by atoms with Crippen LogP contribution < -0.4 is 0 Å². The number of rotatable bonds is 5. The van der Waals surface area contributed by atoms with E-state index in [1.165, 1.54) is 16.2 Å². The summed E-state index contributed by atoms with van der Waals surface area (Å²) in [5.41, 5.74) is 1.04. The zero-order valence-electron chi connectivity index (χ0n) is 10.6. The first-order valence-electron chi connectivity index (χ1n) is 6.08. The molecule has 0 fully saturated rings. The molecule has 0 spiro atoms. The van der Waals surface area contributed by atoms with Crippen molar-refractivity contribution in [2.24, 2.45) is 5.92 Å². The van der Waals surface area contributed by atoms with Crippen LogP contribution in [0.2, 0.25) is 0 Å². The molecule has 0 saturated heterocycles. The summed E-state index contributed by atoms with van der Waals surface area (Å²) in [6, 6.07) is 4.52. The molecule has 17 heavy (non-hydrogen) atoms. The molecule has 0 aliphatic carbocycles. The fourth-order valence-corrected chi connectivity index (χ4v) is 3.19. The van der Waals surface area contributed by atoms with Gasteiger partial charge in [0.25, 0.3) is 0 Å². The number of nitrogens with zero attached hydrogens (tertiary/aromatic N) is 2. The monoisotopic (exact) mass is 249 g/mol. The van der Waals surface area contributed by atoms with Crippen molar-refractivity contribution in [1.82, 2.24) is 15.4 Å². The van der Waals surface area contributed by atoms with Gasteiger partial charge < -0.3 is 0 Å². The van der Waals surface area contributed by atoms with Crippen LogP contribution in [-0.4, -0.2) is 15.4 Å². The third-order valence-electron chi connectivity index (χ3n) is 2.76. The third kappa shape index (κ3) is 3.40. The molecule has 0 aliphatic heterocycles. The van der Waals surface area contributed by atoms with E-state index in [1.54, 1.807) is 6.20 Å². The van der Waals surface area contributed by atoms with E-state index in [1.807, 2.05) is 11.3 Å². The zero-order chi connectivity index (χ0) is 12.3. The van der Waals surface area contributed by atoms with Crippen LogP contribution in [0.4, 0.5) is 0 Å². The summed E-state index contributed by atoms with van der Waals surface area (Å²) in [5.74, 6) is 1.25. The second-order valence-electron chi connectivity index (χ2n) is 4.97. The molecule has 2 aromatic heterocycles. The van der Waals surface area contributed by atoms with Gasteiger partial charge in [0.15, 0.2) is 0 Å². The van der Waals surface area contributed by atoms with Gasteiger partial charge in [-0.2, -0.15) is 15.4 Å². The number of nitrogens with one attached hydrogen (secondary N) is 1. The number of aromatic amines is 1. The van der Waals surface area contributed by atoms with Crippen molar-refractivity contribution in [2.75, 3.05) is 0 Å². The van der Waals surface area contributed by atoms with Gasteiger partial charge >= 0.3 is 0 Å². The van der Waals surface area contributed by atoms with Gasteiger partial charge in [-0.05, 0) is 30.4 Å². The Morgan fingerprint density at radius 1 is 1.24 bits per heavy atom. The normalized spacial score (nSPS) is 13.2. The smallest absolute Gasteiger partial charge is 0.0830 e. The fraction of sp³-hybridized carbons (Fsp3) is 0.538. The molecule has 3 nitrogen and oxygen atoms in total. The summed E-state index contributed by atoms with van der Waals surface area (Å²) >= 11 is 1.93. The first-order valence-corrected chi connectivity index (χ1v) is 6.90. The van der Waals surface area contributed by atoms with Gasteiger partial charge in [-0.25, -0.2) is 0 Å². The number of aromatic nitrogens is 3. The minimum absolute atomic E-state index is 0.519. The average Bonchev–Trinajstić information content (AvgIpc) is 2.87. The van der Waals surface area contributed by atoms with E-state index < -0.39 is 0 Å². The Kier molecular flexibility index (Phi) is 3.94. The molecule has 1 N–H and O–H groups in total. The molecule has 92 valence electrons.